The summed E-state index contributed by atoms with van der Waals surface area (Å²) in [5.74, 6) is 0. The Hall–Kier alpha value is 0.790. The van der Waals surface area contributed by atoms with Gasteiger partial charge in [-0.1, -0.05) is 64.7 Å². The molecule has 0 amide bonds. The number of unbranched alkanes of at least 4 members (excludes halogenated alkanes) is 9. The maximum absolute atomic E-state index is 8.74. The van der Waals surface area contributed by atoms with Gasteiger partial charge in [-0.2, -0.15) is 14.8 Å². The Bertz CT molecular complexity index is 240. The monoisotopic (exact) mass is 352 g/mol. The Balaban J connectivity index is -0.000000135. The third-order valence-corrected chi connectivity index (χ3v) is 2.45. The fraction of sp³-hybridized carbons (Fsp3) is 0.929. The van der Waals surface area contributed by atoms with Gasteiger partial charge < -0.3 is 17.1 Å². The molecule has 6 nitrogen and oxygen atoms in total. The molecule has 0 aliphatic rings. The molecular weight excluding hydrogens is 319 g/mol. The number of hydrogen-bond acceptors (Lipinski definition) is 4. The minimum atomic E-state index is -4.67. The van der Waals surface area contributed by atoms with E-state index in [0.29, 0.717) is 0 Å². The van der Waals surface area contributed by atoms with Crippen molar-refractivity contribution >= 4 is 10.4 Å². The Kier molecular flexibility index (Phi) is 37.2. The molecule has 0 aliphatic carbocycles. The van der Waals surface area contributed by atoms with Gasteiger partial charge in [0.25, 0.3) is 0 Å². The smallest absolute Gasteiger partial charge is 0.394 e. The maximum atomic E-state index is 8.74. The van der Waals surface area contributed by atoms with E-state index in [2.05, 4.69) is 13.8 Å². The van der Waals surface area contributed by atoms with Crippen LogP contribution in [0.15, 0.2) is 0 Å². The van der Waals surface area contributed by atoms with Crippen molar-refractivity contribution in [2.75, 3.05) is 13.2 Å². The average molecular weight is 352 g/mol. The van der Waals surface area contributed by atoms with E-state index < -0.39 is 10.4 Å². The summed E-state index contributed by atoms with van der Waals surface area (Å²) in [5, 5.41) is 15.2. The second kappa shape index (κ2) is 26.7. The van der Waals surface area contributed by atoms with Crippen LogP contribution < -0.4 is 29.6 Å². The van der Waals surface area contributed by atoms with Gasteiger partial charge in [0.05, 0.1) is 13.2 Å². The minimum absolute atomic E-state index is 0. The summed E-state index contributed by atoms with van der Waals surface area (Å²) >= 11 is 0. The van der Waals surface area contributed by atoms with Crippen LogP contribution in [0.2, 0.25) is 0 Å². The number of aliphatic hydroxyl groups excluding tert-OH is 2. The van der Waals surface area contributed by atoms with Crippen molar-refractivity contribution < 1.29 is 57.3 Å². The van der Waals surface area contributed by atoms with Crippen LogP contribution in [-0.2, 0) is 10.4 Å². The van der Waals surface area contributed by atoms with E-state index in [1.165, 1.54) is 57.8 Å². The minimum Gasteiger partial charge on any atom is -0.394 e. The van der Waals surface area contributed by atoms with Gasteiger partial charge in [0.15, 0.2) is 0 Å². The molecule has 0 atom stereocenters. The largest absolute Gasteiger partial charge is 1.00 e. The van der Waals surface area contributed by atoms with E-state index in [1.54, 1.807) is 0 Å². The quantitative estimate of drug-likeness (QED) is 0.191. The van der Waals surface area contributed by atoms with Gasteiger partial charge in [0, 0.05) is 0 Å². The van der Waals surface area contributed by atoms with Gasteiger partial charge in [-0.15, -0.1) is 0 Å². The molecule has 22 heavy (non-hydrogen) atoms. The van der Waals surface area contributed by atoms with E-state index in [1.807, 2.05) is 0 Å². The number of hydrogen-bond donors (Lipinski definition) is 4. The van der Waals surface area contributed by atoms with Crippen molar-refractivity contribution in [3.05, 3.63) is 6.92 Å². The molecule has 0 fully saturated rings. The van der Waals surface area contributed by atoms with Crippen molar-refractivity contribution in [3.8, 4) is 0 Å². The molecule has 0 bridgehead atoms. The van der Waals surface area contributed by atoms with E-state index >= 15 is 0 Å². The summed E-state index contributed by atoms with van der Waals surface area (Å²) in [6.45, 7) is 5.87. The van der Waals surface area contributed by atoms with E-state index in [9.17, 15) is 0 Å². The van der Waals surface area contributed by atoms with Crippen LogP contribution in [0.5, 0.6) is 0 Å². The van der Waals surface area contributed by atoms with Crippen molar-refractivity contribution in [1.82, 2.24) is 0 Å². The molecular formula is C14H33NaO6S. The van der Waals surface area contributed by atoms with E-state index in [0.717, 1.165) is 6.42 Å². The summed E-state index contributed by atoms with van der Waals surface area (Å²) in [6.07, 6.45) is 13.9. The molecule has 0 saturated heterocycles. The van der Waals surface area contributed by atoms with Gasteiger partial charge in [-0.25, -0.2) is 0 Å². The predicted octanol–water partition coefficient (Wildman–Crippen LogP) is 0.0636. The fourth-order valence-corrected chi connectivity index (χ4v) is 1.49. The third-order valence-electron chi connectivity index (χ3n) is 2.45. The molecule has 0 aromatic carbocycles. The molecule has 0 spiro atoms. The van der Waals surface area contributed by atoms with Crippen LogP contribution in [0.3, 0.4) is 0 Å². The fourth-order valence-electron chi connectivity index (χ4n) is 1.49. The first-order valence-corrected chi connectivity index (χ1v) is 8.94. The van der Waals surface area contributed by atoms with Crippen LogP contribution >= 0.6 is 0 Å². The Morgan fingerprint density at radius 3 is 1.27 bits per heavy atom. The van der Waals surface area contributed by atoms with Gasteiger partial charge in [-0.05, 0) is 0 Å². The van der Waals surface area contributed by atoms with Crippen LogP contribution in [0.4, 0.5) is 0 Å². The summed E-state index contributed by atoms with van der Waals surface area (Å²) in [4.78, 5) is 0. The van der Waals surface area contributed by atoms with Crippen molar-refractivity contribution in [1.29, 1.82) is 0 Å². The summed E-state index contributed by atoms with van der Waals surface area (Å²) in [7, 11) is -4.67. The number of aliphatic hydroxyl groups is 2. The van der Waals surface area contributed by atoms with Crippen LogP contribution in [0.25, 0.3) is 0 Å². The van der Waals surface area contributed by atoms with Gasteiger partial charge in [0.1, 0.15) is 0 Å². The Morgan fingerprint density at radius 1 is 0.773 bits per heavy atom. The van der Waals surface area contributed by atoms with E-state index in [4.69, 9.17) is 27.7 Å². The van der Waals surface area contributed by atoms with Gasteiger partial charge in [-0.3, -0.25) is 9.11 Å². The van der Waals surface area contributed by atoms with Crippen molar-refractivity contribution in [2.24, 2.45) is 0 Å². The molecule has 0 radical (unpaired) electrons. The zero-order chi connectivity index (χ0) is 17.0. The summed E-state index contributed by atoms with van der Waals surface area (Å²) < 4.78 is 31.6. The normalized spacial score (nSPS) is 9.73. The molecule has 132 valence electrons. The molecule has 0 aliphatic heterocycles. The molecule has 0 aromatic heterocycles. The summed E-state index contributed by atoms with van der Waals surface area (Å²) in [5.41, 5.74) is 0. The SMILES string of the molecule is O=S(=O)(O)O.OCCO.[CH2-]CCCCCCCCCCC.[Na+]. The third kappa shape index (κ3) is 69.9. The molecule has 8 heteroatoms. The second-order valence-corrected chi connectivity index (χ2v) is 5.47. The molecule has 0 rings (SSSR count). The summed E-state index contributed by atoms with van der Waals surface area (Å²) in [6, 6.07) is 0. The standard InChI is InChI=1S/C12H25.C2H6O2.Na.H2O4S/c1-3-5-7-9-11-12-10-8-6-4-2;3-1-2-4;;1-5(2,3)4/h1,3-12H2,2H3;3-4H,1-2H2;;(H2,1,2,3,4)/q-1;;+1;. The second-order valence-electron chi connectivity index (χ2n) is 4.58. The van der Waals surface area contributed by atoms with E-state index in [-0.39, 0.29) is 42.8 Å². The molecule has 0 aromatic rings. The predicted molar refractivity (Wildman–Crippen MR) is 85.6 cm³/mol. The zero-order valence-electron chi connectivity index (χ0n) is 14.2. The molecule has 0 saturated carbocycles. The van der Waals surface area contributed by atoms with Gasteiger partial charge >= 0.3 is 40.0 Å². The molecule has 4 N–H and O–H groups in total. The number of rotatable bonds is 10. The first kappa shape index (κ1) is 30.6. The first-order valence-electron chi connectivity index (χ1n) is 7.54. The first-order chi connectivity index (χ1) is 9.83. The Labute approximate surface area is 158 Å². The van der Waals surface area contributed by atoms with Crippen LogP contribution in [0, 0.1) is 6.92 Å². The van der Waals surface area contributed by atoms with Crippen molar-refractivity contribution in [2.45, 2.75) is 71.1 Å². The molecule has 0 heterocycles. The van der Waals surface area contributed by atoms with Crippen LogP contribution in [0.1, 0.15) is 71.1 Å². The topological polar surface area (TPSA) is 115 Å². The zero-order valence-corrected chi connectivity index (χ0v) is 17.0. The van der Waals surface area contributed by atoms with Gasteiger partial charge in [0.2, 0.25) is 0 Å². The van der Waals surface area contributed by atoms with Crippen LogP contribution in [-0.4, -0.2) is 41.0 Å². The molecule has 0 unspecified atom stereocenters. The Morgan fingerprint density at radius 2 is 1.05 bits per heavy atom. The maximum Gasteiger partial charge on any atom is 1.00 e. The average Bonchev–Trinajstić information content (AvgIpc) is 2.40. The van der Waals surface area contributed by atoms with Crippen molar-refractivity contribution in [3.63, 3.8) is 0 Å².